The molecule has 2 aromatic carbocycles. The number of carbonyl (C=O) groups excluding carboxylic acids is 2. The lowest BCUT2D eigenvalue weighted by Crippen LogP contribution is -2.25. The summed E-state index contributed by atoms with van der Waals surface area (Å²) >= 11 is 0. The number of rotatable bonds is 4. The van der Waals surface area contributed by atoms with Crippen molar-refractivity contribution in [2.75, 3.05) is 26.0 Å². The van der Waals surface area contributed by atoms with Gasteiger partial charge in [0.2, 0.25) is 10.0 Å². The van der Waals surface area contributed by atoms with Crippen molar-refractivity contribution in [2.24, 2.45) is 0 Å². The number of hydrogen-bond acceptors (Lipinski definition) is 6. The van der Waals surface area contributed by atoms with E-state index in [0.29, 0.717) is 11.4 Å². The molecule has 0 spiro atoms. The van der Waals surface area contributed by atoms with Crippen LogP contribution >= 0.6 is 0 Å². The number of anilines is 1. The molecule has 0 aliphatic carbocycles. The maximum absolute atomic E-state index is 12.2. The Balaban J connectivity index is 1.75. The Morgan fingerprint density at radius 1 is 1.15 bits per heavy atom. The minimum absolute atomic E-state index is 0.0805. The number of hydrogen-bond donors (Lipinski definition) is 1. The minimum atomic E-state index is -3.56. The maximum atomic E-state index is 12.2. The van der Waals surface area contributed by atoms with Crippen molar-refractivity contribution in [1.29, 1.82) is 0 Å². The molecule has 26 heavy (non-hydrogen) atoms. The summed E-state index contributed by atoms with van der Waals surface area (Å²) in [4.78, 5) is 23.6. The molecule has 0 fully saturated rings. The van der Waals surface area contributed by atoms with Gasteiger partial charge in [0.15, 0.2) is 6.61 Å². The third-order valence-electron chi connectivity index (χ3n) is 3.67. The highest BCUT2D eigenvalue weighted by Crippen LogP contribution is 2.31. The van der Waals surface area contributed by atoms with Gasteiger partial charge in [-0.15, -0.1) is 0 Å². The standard InChI is InChI=1S/C17H16N2O6S/c1-19(2)26(22,23)13-6-3-11(4-7-13)17(21)25-12-5-8-14-15(9-12)24-10-16(20)18-14/h3-9H,10H2,1-2H3,(H,18,20). The lowest BCUT2D eigenvalue weighted by molar-refractivity contribution is -0.118. The van der Waals surface area contributed by atoms with Gasteiger partial charge in [0.1, 0.15) is 11.5 Å². The van der Waals surface area contributed by atoms with E-state index in [2.05, 4.69) is 5.32 Å². The van der Waals surface area contributed by atoms with Crippen LogP contribution in [0.15, 0.2) is 47.4 Å². The zero-order valence-electron chi connectivity index (χ0n) is 14.1. The van der Waals surface area contributed by atoms with Crippen LogP contribution < -0.4 is 14.8 Å². The molecule has 0 radical (unpaired) electrons. The third-order valence-corrected chi connectivity index (χ3v) is 5.49. The summed E-state index contributed by atoms with van der Waals surface area (Å²) < 4.78 is 35.7. The molecular formula is C17H16N2O6S. The van der Waals surface area contributed by atoms with E-state index in [-0.39, 0.29) is 28.7 Å². The van der Waals surface area contributed by atoms with Gasteiger partial charge in [-0.25, -0.2) is 17.5 Å². The number of sulfonamides is 1. The van der Waals surface area contributed by atoms with Crippen LogP contribution in [-0.2, 0) is 14.8 Å². The lowest BCUT2D eigenvalue weighted by atomic mass is 10.2. The van der Waals surface area contributed by atoms with Crippen LogP contribution in [0, 0.1) is 0 Å². The number of nitrogens with one attached hydrogen (secondary N) is 1. The summed E-state index contributed by atoms with van der Waals surface area (Å²) in [6.07, 6.45) is 0. The number of amides is 1. The Bertz CT molecular complexity index is 967. The molecular weight excluding hydrogens is 360 g/mol. The predicted octanol–water partition coefficient (Wildman–Crippen LogP) is 1.49. The first-order chi connectivity index (χ1) is 12.3. The Hall–Kier alpha value is -2.91. The zero-order valence-corrected chi connectivity index (χ0v) is 14.9. The first-order valence-corrected chi connectivity index (χ1v) is 9.03. The van der Waals surface area contributed by atoms with Crippen LogP contribution in [0.4, 0.5) is 5.69 Å². The monoisotopic (exact) mass is 376 g/mol. The van der Waals surface area contributed by atoms with E-state index in [1.165, 1.54) is 50.5 Å². The number of fused-ring (bicyclic) bond motifs is 1. The highest BCUT2D eigenvalue weighted by atomic mass is 32.2. The van der Waals surface area contributed by atoms with Gasteiger partial charge in [-0.05, 0) is 36.4 Å². The molecule has 0 saturated heterocycles. The Labute approximate surface area is 150 Å². The van der Waals surface area contributed by atoms with Crippen molar-refractivity contribution in [1.82, 2.24) is 4.31 Å². The largest absolute Gasteiger partial charge is 0.481 e. The molecule has 1 aliphatic rings. The number of benzene rings is 2. The molecule has 0 saturated carbocycles. The van der Waals surface area contributed by atoms with E-state index in [1.54, 1.807) is 6.07 Å². The zero-order chi connectivity index (χ0) is 18.9. The van der Waals surface area contributed by atoms with E-state index in [1.807, 2.05) is 0 Å². The smallest absolute Gasteiger partial charge is 0.343 e. The van der Waals surface area contributed by atoms with Crippen molar-refractivity contribution in [3.05, 3.63) is 48.0 Å². The molecule has 1 heterocycles. The Morgan fingerprint density at radius 3 is 2.50 bits per heavy atom. The van der Waals surface area contributed by atoms with E-state index >= 15 is 0 Å². The molecule has 3 rings (SSSR count). The van der Waals surface area contributed by atoms with E-state index in [4.69, 9.17) is 9.47 Å². The van der Waals surface area contributed by atoms with Crippen LogP contribution in [0.5, 0.6) is 11.5 Å². The highest BCUT2D eigenvalue weighted by Gasteiger charge is 2.19. The summed E-state index contributed by atoms with van der Waals surface area (Å²) in [7, 11) is -0.705. The van der Waals surface area contributed by atoms with Crippen molar-refractivity contribution in [3.8, 4) is 11.5 Å². The SMILES string of the molecule is CN(C)S(=O)(=O)c1ccc(C(=O)Oc2ccc3c(c2)OCC(=O)N3)cc1. The first kappa shape index (κ1) is 17.9. The van der Waals surface area contributed by atoms with E-state index < -0.39 is 16.0 Å². The van der Waals surface area contributed by atoms with Gasteiger partial charge < -0.3 is 14.8 Å². The molecule has 0 unspecified atom stereocenters. The number of ether oxygens (including phenoxy) is 2. The molecule has 136 valence electrons. The maximum Gasteiger partial charge on any atom is 0.343 e. The van der Waals surface area contributed by atoms with E-state index in [0.717, 1.165) is 4.31 Å². The predicted molar refractivity (Wildman–Crippen MR) is 92.8 cm³/mol. The van der Waals surface area contributed by atoms with E-state index in [9.17, 15) is 18.0 Å². The van der Waals surface area contributed by atoms with Crippen LogP contribution in [0.3, 0.4) is 0 Å². The second kappa shape index (κ2) is 6.77. The highest BCUT2D eigenvalue weighted by molar-refractivity contribution is 7.89. The minimum Gasteiger partial charge on any atom is -0.481 e. The van der Waals surface area contributed by atoms with Crippen LogP contribution in [-0.4, -0.2) is 45.3 Å². The fourth-order valence-electron chi connectivity index (χ4n) is 2.26. The van der Waals surface area contributed by atoms with Gasteiger partial charge in [-0.2, -0.15) is 0 Å². The van der Waals surface area contributed by atoms with Crippen molar-refractivity contribution in [2.45, 2.75) is 4.90 Å². The summed E-state index contributed by atoms with van der Waals surface area (Å²) in [5.41, 5.74) is 0.703. The summed E-state index contributed by atoms with van der Waals surface area (Å²) in [5.74, 6) is -0.245. The molecule has 2 aromatic rings. The number of nitrogens with zero attached hydrogens (tertiary/aromatic N) is 1. The van der Waals surface area contributed by atoms with Crippen molar-refractivity contribution < 1.29 is 27.5 Å². The van der Waals surface area contributed by atoms with Gasteiger partial charge in [0.05, 0.1) is 16.1 Å². The van der Waals surface area contributed by atoms with Gasteiger partial charge in [0.25, 0.3) is 5.91 Å². The molecule has 1 aliphatic heterocycles. The molecule has 1 N–H and O–H groups in total. The third kappa shape index (κ3) is 3.53. The van der Waals surface area contributed by atoms with Crippen LogP contribution in [0.2, 0.25) is 0 Å². The second-order valence-electron chi connectivity index (χ2n) is 5.70. The second-order valence-corrected chi connectivity index (χ2v) is 7.85. The summed E-state index contributed by atoms with van der Waals surface area (Å²) in [6, 6.07) is 10.0. The Kier molecular flexibility index (Phi) is 4.66. The number of esters is 1. The van der Waals surface area contributed by atoms with Gasteiger partial charge in [0, 0.05) is 20.2 Å². The summed E-state index contributed by atoms with van der Waals surface area (Å²) in [6.45, 7) is -0.105. The average Bonchev–Trinajstić information content (AvgIpc) is 2.61. The van der Waals surface area contributed by atoms with Crippen molar-refractivity contribution >= 4 is 27.6 Å². The molecule has 8 nitrogen and oxygen atoms in total. The molecule has 0 atom stereocenters. The van der Waals surface area contributed by atoms with Crippen LogP contribution in [0.1, 0.15) is 10.4 Å². The fraction of sp³-hybridized carbons (Fsp3) is 0.176. The van der Waals surface area contributed by atoms with Gasteiger partial charge in [-0.3, -0.25) is 4.79 Å². The first-order valence-electron chi connectivity index (χ1n) is 7.59. The van der Waals surface area contributed by atoms with Crippen molar-refractivity contribution in [3.63, 3.8) is 0 Å². The summed E-state index contributed by atoms with van der Waals surface area (Å²) in [5, 5.41) is 2.64. The quantitative estimate of drug-likeness (QED) is 0.641. The average molecular weight is 376 g/mol. The van der Waals surface area contributed by atoms with Gasteiger partial charge in [-0.1, -0.05) is 0 Å². The number of carbonyl (C=O) groups is 2. The molecule has 0 bridgehead atoms. The topological polar surface area (TPSA) is 102 Å². The Morgan fingerprint density at radius 2 is 1.85 bits per heavy atom. The molecule has 1 amide bonds. The van der Waals surface area contributed by atoms with Crippen LogP contribution in [0.25, 0.3) is 0 Å². The molecule has 0 aromatic heterocycles. The molecule has 9 heteroatoms. The normalized spacial score (nSPS) is 13.6. The van der Waals surface area contributed by atoms with Gasteiger partial charge >= 0.3 is 5.97 Å². The lowest BCUT2D eigenvalue weighted by Gasteiger charge is -2.18. The fourth-order valence-corrected chi connectivity index (χ4v) is 3.16.